The second-order valence-electron chi connectivity index (χ2n) is 5.92. The first kappa shape index (κ1) is 16.0. The summed E-state index contributed by atoms with van der Waals surface area (Å²) in [6.07, 6.45) is -2.39. The van der Waals surface area contributed by atoms with Gasteiger partial charge in [0.2, 0.25) is 5.91 Å². The zero-order chi connectivity index (χ0) is 16.6. The van der Waals surface area contributed by atoms with E-state index < -0.39 is 24.7 Å². The number of nitrogens with zero attached hydrogens (tertiary/aromatic N) is 3. The lowest BCUT2D eigenvalue weighted by Crippen LogP contribution is -2.44. The van der Waals surface area contributed by atoms with E-state index in [0.29, 0.717) is 18.7 Å². The predicted molar refractivity (Wildman–Crippen MR) is 74.6 cm³/mol. The van der Waals surface area contributed by atoms with Gasteiger partial charge in [0.15, 0.2) is 0 Å². The van der Waals surface area contributed by atoms with E-state index in [-0.39, 0.29) is 18.1 Å². The van der Waals surface area contributed by atoms with Crippen LogP contribution >= 0.6 is 0 Å². The predicted octanol–water partition coefficient (Wildman–Crippen LogP) is 1.07. The van der Waals surface area contributed by atoms with E-state index in [1.165, 1.54) is 6.07 Å². The molecule has 2 fully saturated rings. The summed E-state index contributed by atoms with van der Waals surface area (Å²) in [7, 11) is 0. The van der Waals surface area contributed by atoms with E-state index in [1.807, 2.05) is 4.90 Å². The van der Waals surface area contributed by atoms with Crippen LogP contribution in [0.1, 0.15) is 31.0 Å². The third-order valence-electron chi connectivity index (χ3n) is 4.38. The molecule has 9 heteroatoms. The third kappa shape index (κ3) is 3.39. The summed E-state index contributed by atoms with van der Waals surface area (Å²) in [6, 6.07) is 2.28. The van der Waals surface area contributed by atoms with E-state index in [2.05, 4.69) is 10.2 Å². The lowest BCUT2D eigenvalue weighted by molar-refractivity contribution is -0.159. The molecule has 126 valence electrons. The smallest absolute Gasteiger partial charge is 0.332 e. The minimum absolute atomic E-state index is 0.116. The highest BCUT2D eigenvalue weighted by Gasteiger charge is 2.44. The summed E-state index contributed by atoms with van der Waals surface area (Å²) in [5.74, 6) is -0.473. The van der Waals surface area contributed by atoms with Gasteiger partial charge in [-0.3, -0.25) is 14.5 Å². The van der Waals surface area contributed by atoms with Crippen molar-refractivity contribution in [2.75, 3.05) is 19.6 Å². The molecule has 3 heterocycles. The largest absolute Gasteiger partial charge is 0.406 e. The summed E-state index contributed by atoms with van der Waals surface area (Å²) >= 11 is 0. The number of aromatic nitrogens is 2. The molecule has 0 aliphatic carbocycles. The number of H-pyrrole nitrogens is 1. The highest BCUT2D eigenvalue weighted by atomic mass is 19.4. The third-order valence-corrected chi connectivity index (χ3v) is 4.38. The van der Waals surface area contributed by atoms with Gasteiger partial charge in [-0.2, -0.15) is 18.3 Å². The van der Waals surface area contributed by atoms with Crippen molar-refractivity contribution in [3.63, 3.8) is 0 Å². The Balaban J connectivity index is 1.74. The van der Waals surface area contributed by atoms with Crippen molar-refractivity contribution in [2.24, 2.45) is 0 Å². The van der Waals surface area contributed by atoms with Crippen molar-refractivity contribution in [1.82, 2.24) is 20.0 Å². The summed E-state index contributed by atoms with van der Waals surface area (Å²) < 4.78 is 37.5. The Labute approximate surface area is 130 Å². The molecule has 0 saturated carbocycles. The number of rotatable bonds is 3. The highest BCUT2D eigenvalue weighted by Crippen LogP contribution is 2.35. The van der Waals surface area contributed by atoms with Crippen molar-refractivity contribution >= 4 is 5.91 Å². The molecule has 1 amide bonds. The van der Waals surface area contributed by atoms with Crippen LogP contribution in [0.2, 0.25) is 0 Å². The normalized spacial score (nSPS) is 26.2. The van der Waals surface area contributed by atoms with Gasteiger partial charge < -0.3 is 4.90 Å². The zero-order valence-electron chi connectivity index (χ0n) is 12.3. The summed E-state index contributed by atoms with van der Waals surface area (Å²) in [5.41, 5.74) is 0.329. The summed E-state index contributed by atoms with van der Waals surface area (Å²) in [5, 5.41) is 6.36. The van der Waals surface area contributed by atoms with Crippen LogP contribution in [0.15, 0.2) is 16.9 Å². The van der Waals surface area contributed by atoms with E-state index in [1.54, 1.807) is 6.07 Å². The van der Waals surface area contributed by atoms with Crippen molar-refractivity contribution in [3.8, 4) is 0 Å². The first-order valence-corrected chi connectivity index (χ1v) is 7.52. The summed E-state index contributed by atoms with van der Waals surface area (Å²) in [4.78, 5) is 26.2. The second kappa shape index (κ2) is 5.95. The summed E-state index contributed by atoms with van der Waals surface area (Å²) in [6.45, 7) is -0.440. The molecule has 0 bridgehead atoms. The number of aromatic amines is 1. The van der Waals surface area contributed by atoms with E-state index in [4.69, 9.17) is 0 Å². The van der Waals surface area contributed by atoms with Crippen LogP contribution in [0.4, 0.5) is 13.2 Å². The molecular formula is C14H17F3N4O2. The van der Waals surface area contributed by atoms with E-state index in [0.717, 1.165) is 17.7 Å². The monoisotopic (exact) mass is 330 g/mol. The fourth-order valence-corrected chi connectivity index (χ4v) is 3.42. The molecule has 3 rings (SSSR count). The molecule has 1 aromatic heterocycles. The first-order chi connectivity index (χ1) is 10.8. The molecule has 0 radical (unpaired) electrons. The average molecular weight is 330 g/mol. The Kier molecular flexibility index (Phi) is 4.13. The van der Waals surface area contributed by atoms with Gasteiger partial charge in [0.05, 0.1) is 17.8 Å². The molecule has 2 atom stereocenters. The molecular weight excluding hydrogens is 313 g/mol. The van der Waals surface area contributed by atoms with Gasteiger partial charge in [-0.05, 0) is 31.9 Å². The number of amides is 1. The van der Waals surface area contributed by atoms with Gasteiger partial charge in [-0.25, -0.2) is 5.10 Å². The van der Waals surface area contributed by atoms with Gasteiger partial charge in [0.25, 0.3) is 5.56 Å². The van der Waals surface area contributed by atoms with E-state index in [9.17, 15) is 22.8 Å². The fourth-order valence-electron chi connectivity index (χ4n) is 3.42. The standard InChI is InChI=1S/C14H17F3N4O2/c15-14(16,17)8-20-7-5-11(13(20)23)21-6-1-2-10(21)9-3-4-12(22)19-18-9/h3-4,10-11H,1-2,5-8H2,(H,19,22). The molecule has 2 saturated heterocycles. The van der Waals surface area contributed by atoms with Gasteiger partial charge in [0, 0.05) is 12.6 Å². The van der Waals surface area contributed by atoms with Crippen LogP contribution < -0.4 is 5.56 Å². The van der Waals surface area contributed by atoms with Crippen LogP contribution in [-0.4, -0.2) is 57.8 Å². The minimum Gasteiger partial charge on any atom is -0.332 e. The van der Waals surface area contributed by atoms with Crippen molar-refractivity contribution in [3.05, 3.63) is 28.2 Å². The first-order valence-electron chi connectivity index (χ1n) is 7.52. The molecule has 6 nitrogen and oxygen atoms in total. The quantitative estimate of drug-likeness (QED) is 0.900. The second-order valence-corrected chi connectivity index (χ2v) is 5.92. The Morgan fingerprint density at radius 2 is 1.96 bits per heavy atom. The molecule has 23 heavy (non-hydrogen) atoms. The highest BCUT2D eigenvalue weighted by molar-refractivity contribution is 5.84. The molecule has 0 spiro atoms. The number of likely N-dealkylation sites (tertiary alicyclic amines) is 2. The Morgan fingerprint density at radius 1 is 1.17 bits per heavy atom. The number of halogens is 3. The van der Waals surface area contributed by atoms with E-state index >= 15 is 0 Å². The number of carbonyl (C=O) groups is 1. The molecule has 2 unspecified atom stereocenters. The zero-order valence-corrected chi connectivity index (χ0v) is 12.3. The Hall–Kier alpha value is -1.90. The minimum atomic E-state index is -4.38. The number of hydrogen-bond donors (Lipinski definition) is 1. The number of nitrogens with one attached hydrogen (secondary N) is 1. The van der Waals surface area contributed by atoms with Crippen molar-refractivity contribution in [1.29, 1.82) is 0 Å². The Morgan fingerprint density at radius 3 is 2.61 bits per heavy atom. The van der Waals surface area contributed by atoms with Gasteiger partial charge in [-0.15, -0.1) is 0 Å². The molecule has 1 aromatic rings. The van der Waals surface area contributed by atoms with Crippen LogP contribution in [0.25, 0.3) is 0 Å². The number of alkyl halides is 3. The maximum Gasteiger partial charge on any atom is 0.406 e. The SMILES string of the molecule is O=C1C(N2CCCC2c2ccc(=O)[nH]n2)CCN1CC(F)(F)F. The van der Waals surface area contributed by atoms with Crippen molar-refractivity contribution < 1.29 is 18.0 Å². The maximum atomic E-state index is 12.5. The average Bonchev–Trinajstić information content (AvgIpc) is 3.06. The number of hydrogen-bond acceptors (Lipinski definition) is 4. The molecule has 0 aromatic carbocycles. The molecule has 1 N–H and O–H groups in total. The van der Waals surface area contributed by atoms with Crippen LogP contribution in [0.5, 0.6) is 0 Å². The molecule has 2 aliphatic rings. The number of carbonyl (C=O) groups excluding carboxylic acids is 1. The topological polar surface area (TPSA) is 69.3 Å². The fraction of sp³-hybridized carbons (Fsp3) is 0.643. The Bertz CT molecular complexity index is 625. The maximum absolute atomic E-state index is 12.5. The van der Waals surface area contributed by atoms with Crippen LogP contribution in [0, 0.1) is 0 Å². The van der Waals surface area contributed by atoms with Crippen LogP contribution in [0.3, 0.4) is 0 Å². The lowest BCUT2D eigenvalue weighted by Gasteiger charge is -2.29. The van der Waals surface area contributed by atoms with Crippen molar-refractivity contribution in [2.45, 2.75) is 37.5 Å². The lowest BCUT2D eigenvalue weighted by atomic mass is 10.1. The van der Waals surface area contributed by atoms with Gasteiger partial charge in [0.1, 0.15) is 6.54 Å². The van der Waals surface area contributed by atoms with Crippen LogP contribution in [-0.2, 0) is 4.79 Å². The van der Waals surface area contributed by atoms with Gasteiger partial charge in [-0.1, -0.05) is 0 Å². The molecule has 2 aliphatic heterocycles. The van der Waals surface area contributed by atoms with Gasteiger partial charge >= 0.3 is 6.18 Å².